The molecule has 0 radical (unpaired) electrons. The lowest BCUT2D eigenvalue weighted by molar-refractivity contribution is -0.135. The highest BCUT2D eigenvalue weighted by Crippen LogP contribution is 2.30. The lowest BCUT2D eigenvalue weighted by Gasteiger charge is -2.28. The molecule has 1 aliphatic heterocycles. The number of amides is 2. The van der Waals surface area contributed by atoms with Gasteiger partial charge in [0.25, 0.3) is 0 Å². The summed E-state index contributed by atoms with van der Waals surface area (Å²) in [5.74, 6) is -1.00. The Kier molecular flexibility index (Phi) is 4.06. The first kappa shape index (κ1) is 15.2. The molecule has 0 saturated carbocycles. The number of benzene rings is 1. The average Bonchev–Trinajstić information content (AvgIpc) is 2.76. The van der Waals surface area contributed by atoms with E-state index < -0.39 is 12.5 Å². The summed E-state index contributed by atoms with van der Waals surface area (Å²) in [6.45, 7) is 5.01. The predicted octanol–water partition coefficient (Wildman–Crippen LogP) is 2.14. The van der Waals surface area contributed by atoms with E-state index in [0.717, 1.165) is 6.42 Å². The number of rotatable bonds is 3. The highest BCUT2D eigenvalue weighted by Gasteiger charge is 2.35. The SMILES string of the molecule is CC1(C)CCN(C(=O)N(CC(=O)O)c2ccc(O)cc2)C1. The quantitative estimate of drug-likeness (QED) is 0.894. The number of aromatic hydroxyl groups is 1. The molecule has 0 aliphatic carbocycles. The lowest BCUT2D eigenvalue weighted by Crippen LogP contribution is -2.45. The zero-order chi connectivity index (χ0) is 15.6. The zero-order valence-electron chi connectivity index (χ0n) is 12.2. The van der Waals surface area contributed by atoms with Gasteiger partial charge in [-0.15, -0.1) is 0 Å². The third-order valence-electron chi connectivity index (χ3n) is 3.63. The topological polar surface area (TPSA) is 81.1 Å². The minimum Gasteiger partial charge on any atom is -0.508 e. The van der Waals surface area contributed by atoms with Gasteiger partial charge in [-0.3, -0.25) is 9.69 Å². The molecule has 114 valence electrons. The van der Waals surface area contributed by atoms with Crippen LogP contribution in [-0.2, 0) is 4.79 Å². The van der Waals surface area contributed by atoms with E-state index in [1.807, 2.05) is 0 Å². The largest absolute Gasteiger partial charge is 0.508 e. The van der Waals surface area contributed by atoms with Gasteiger partial charge in [-0.25, -0.2) is 4.79 Å². The van der Waals surface area contributed by atoms with Gasteiger partial charge in [0.05, 0.1) is 0 Å². The first-order valence-electron chi connectivity index (χ1n) is 6.86. The molecule has 1 aromatic rings. The van der Waals surface area contributed by atoms with Crippen LogP contribution in [0.4, 0.5) is 10.5 Å². The number of carbonyl (C=O) groups is 2. The minimum absolute atomic E-state index is 0.0551. The van der Waals surface area contributed by atoms with E-state index >= 15 is 0 Å². The highest BCUT2D eigenvalue weighted by molar-refractivity contribution is 5.96. The first-order chi connectivity index (χ1) is 9.78. The lowest BCUT2D eigenvalue weighted by atomic mass is 9.93. The van der Waals surface area contributed by atoms with Crippen LogP contribution < -0.4 is 4.90 Å². The molecule has 1 aliphatic rings. The van der Waals surface area contributed by atoms with Crippen molar-refractivity contribution in [3.05, 3.63) is 24.3 Å². The van der Waals surface area contributed by atoms with Gasteiger partial charge in [0.2, 0.25) is 0 Å². The first-order valence-corrected chi connectivity index (χ1v) is 6.86. The standard InChI is InChI=1S/C15H20N2O4/c1-15(2)7-8-16(10-15)14(21)17(9-13(19)20)11-3-5-12(18)6-4-11/h3-6,18H,7-10H2,1-2H3,(H,19,20). The molecule has 0 spiro atoms. The second-order valence-electron chi connectivity index (χ2n) is 6.11. The predicted molar refractivity (Wildman–Crippen MR) is 78.5 cm³/mol. The molecule has 2 N–H and O–H groups in total. The zero-order valence-corrected chi connectivity index (χ0v) is 12.2. The van der Waals surface area contributed by atoms with Crippen LogP contribution in [0.2, 0.25) is 0 Å². The molecule has 2 amide bonds. The summed E-state index contributed by atoms with van der Waals surface area (Å²) in [5.41, 5.74) is 0.518. The molecule has 6 nitrogen and oxygen atoms in total. The van der Waals surface area contributed by atoms with Crippen LogP contribution in [0.1, 0.15) is 20.3 Å². The molecular weight excluding hydrogens is 272 g/mol. The van der Waals surface area contributed by atoms with Gasteiger partial charge in [0, 0.05) is 18.8 Å². The summed E-state index contributed by atoms with van der Waals surface area (Å²) < 4.78 is 0. The molecule has 21 heavy (non-hydrogen) atoms. The molecule has 1 aromatic carbocycles. The van der Waals surface area contributed by atoms with Crippen molar-refractivity contribution in [3.63, 3.8) is 0 Å². The van der Waals surface area contributed by atoms with Gasteiger partial charge in [0.15, 0.2) is 0 Å². The number of anilines is 1. The Morgan fingerprint density at radius 3 is 2.38 bits per heavy atom. The van der Waals surface area contributed by atoms with E-state index in [-0.39, 0.29) is 17.2 Å². The van der Waals surface area contributed by atoms with Crippen molar-refractivity contribution in [2.75, 3.05) is 24.5 Å². The number of nitrogens with zero attached hydrogens (tertiary/aromatic N) is 2. The van der Waals surface area contributed by atoms with E-state index in [4.69, 9.17) is 5.11 Å². The summed E-state index contributed by atoms with van der Waals surface area (Å²) in [6.07, 6.45) is 0.898. The maximum Gasteiger partial charge on any atom is 0.325 e. The number of phenols is 1. The van der Waals surface area contributed by atoms with E-state index in [9.17, 15) is 14.7 Å². The summed E-state index contributed by atoms with van der Waals surface area (Å²) >= 11 is 0. The van der Waals surface area contributed by atoms with Crippen LogP contribution in [-0.4, -0.2) is 46.7 Å². The summed E-state index contributed by atoms with van der Waals surface area (Å²) in [6, 6.07) is 5.64. The average molecular weight is 292 g/mol. The molecule has 0 atom stereocenters. The highest BCUT2D eigenvalue weighted by atomic mass is 16.4. The smallest absolute Gasteiger partial charge is 0.325 e. The fourth-order valence-electron chi connectivity index (χ4n) is 2.48. The minimum atomic E-state index is -1.07. The number of urea groups is 1. The second-order valence-corrected chi connectivity index (χ2v) is 6.11. The van der Waals surface area contributed by atoms with Gasteiger partial charge >= 0.3 is 12.0 Å². The fraction of sp³-hybridized carbons (Fsp3) is 0.467. The molecule has 1 saturated heterocycles. The molecule has 6 heteroatoms. The van der Waals surface area contributed by atoms with Crippen LogP contribution in [0.25, 0.3) is 0 Å². The summed E-state index contributed by atoms with van der Waals surface area (Å²) in [4.78, 5) is 26.5. The maximum atomic E-state index is 12.6. The third kappa shape index (κ3) is 3.65. The molecule has 0 unspecified atom stereocenters. The third-order valence-corrected chi connectivity index (χ3v) is 3.63. The summed E-state index contributed by atoms with van der Waals surface area (Å²) in [7, 11) is 0. The maximum absolute atomic E-state index is 12.6. The van der Waals surface area contributed by atoms with E-state index in [1.54, 1.807) is 4.90 Å². The number of likely N-dealkylation sites (tertiary alicyclic amines) is 1. The Balaban J connectivity index is 2.21. The Morgan fingerprint density at radius 2 is 1.90 bits per heavy atom. The molecule has 1 heterocycles. The van der Waals surface area contributed by atoms with Crippen molar-refractivity contribution in [3.8, 4) is 5.75 Å². The van der Waals surface area contributed by atoms with Crippen molar-refractivity contribution in [1.29, 1.82) is 0 Å². The van der Waals surface area contributed by atoms with E-state index in [0.29, 0.717) is 18.8 Å². The van der Waals surface area contributed by atoms with Crippen molar-refractivity contribution in [2.45, 2.75) is 20.3 Å². The van der Waals surface area contributed by atoms with Crippen LogP contribution in [0.15, 0.2) is 24.3 Å². The van der Waals surface area contributed by atoms with Crippen LogP contribution in [0, 0.1) is 5.41 Å². The Hall–Kier alpha value is -2.24. The number of aliphatic carboxylic acids is 1. The Morgan fingerprint density at radius 1 is 1.29 bits per heavy atom. The van der Waals surface area contributed by atoms with Crippen molar-refractivity contribution < 1.29 is 19.8 Å². The van der Waals surface area contributed by atoms with Gasteiger partial charge < -0.3 is 15.1 Å². The number of hydrogen-bond donors (Lipinski definition) is 2. The molecule has 2 rings (SSSR count). The second kappa shape index (κ2) is 5.63. The van der Waals surface area contributed by atoms with Crippen LogP contribution >= 0.6 is 0 Å². The molecule has 1 fully saturated rings. The number of hydrogen-bond acceptors (Lipinski definition) is 3. The van der Waals surface area contributed by atoms with Crippen molar-refractivity contribution in [2.24, 2.45) is 5.41 Å². The Labute approximate surface area is 123 Å². The molecule has 0 bridgehead atoms. The van der Waals surface area contributed by atoms with Gasteiger partial charge in [-0.2, -0.15) is 0 Å². The Bertz CT molecular complexity index is 539. The van der Waals surface area contributed by atoms with Crippen molar-refractivity contribution >= 4 is 17.7 Å². The molecular formula is C15H20N2O4. The van der Waals surface area contributed by atoms with E-state index in [1.165, 1.54) is 29.2 Å². The van der Waals surface area contributed by atoms with Gasteiger partial charge in [-0.1, -0.05) is 13.8 Å². The fourth-order valence-corrected chi connectivity index (χ4v) is 2.48. The molecule has 0 aromatic heterocycles. The number of carboxylic acid groups (broad SMARTS) is 1. The van der Waals surface area contributed by atoms with Gasteiger partial charge in [-0.05, 0) is 36.1 Å². The normalized spacial score (nSPS) is 16.8. The monoisotopic (exact) mass is 292 g/mol. The van der Waals surface area contributed by atoms with Crippen LogP contribution in [0.5, 0.6) is 5.75 Å². The van der Waals surface area contributed by atoms with Crippen molar-refractivity contribution in [1.82, 2.24) is 4.90 Å². The number of carbonyl (C=O) groups excluding carboxylic acids is 1. The number of phenolic OH excluding ortho intramolecular Hbond substituents is 1. The van der Waals surface area contributed by atoms with Crippen LogP contribution in [0.3, 0.4) is 0 Å². The van der Waals surface area contributed by atoms with E-state index in [2.05, 4.69) is 13.8 Å². The number of carboxylic acids is 1. The summed E-state index contributed by atoms with van der Waals surface area (Å²) in [5, 5.41) is 18.3. The van der Waals surface area contributed by atoms with Gasteiger partial charge in [0.1, 0.15) is 12.3 Å².